The lowest BCUT2D eigenvalue weighted by Crippen LogP contribution is -1.85. The maximum atomic E-state index is 7.67. The van der Waals surface area contributed by atoms with Crippen LogP contribution in [-0.4, -0.2) is 11.9 Å². The van der Waals surface area contributed by atoms with Crippen LogP contribution in [0.15, 0.2) is 0 Å². The van der Waals surface area contributed by atoms with E-state index in [-0.39, 0.29) is 0 Å². The summed E-state index contributed by atoms with van der Waals surface area (Å²) in [7, 11) is 0. The molecular weight excluding hydrogens is 80.0 g/mol. The van der Waals surface area contributed by atoms with Crippen molar-refractivity contribution in [2.75, 3.05) is 6.61 Å². The number of unbranched alkanes of at least 4 members (excludes halogenated alkanes) is 1. The summed E-state index contributed by atoms with van der Waals surface area (Å²) in [5.74, 6) is 0. The monoisotopic (exact) mass is 89.1 g/mol. The van der Waals surface area contributed by atoms with Crippen molar-refractivity contribution >= 4 is 0 Å². The molecular formula is C4H9O2. The van der Waals surface area contributed by atoms with E-state index in [9.17, 15) is 0 Å². The van der Waals surface area contributed by atoms with Crippen molar-refractivity contribution < 1.29 is 10.1 Å². The van der Waals surface area contributed by atoms with E-state index >= 15 is 0 Å². The molecule has 0 saturated heterocycles. The van der Waals surface area contributed by atoms with Crippen molar-refractivity contribution in [3.8, 4) is 0 Å². The van der Waals surface area contributed by atoms with E-state index in [0.29, 0.717) is 6.61 Å². The zero-order valence-electron chi connectivity index (χ0n) is 3.68. The molecule has 0 aromatic carbocycles. The van der Waals surface area contributed by atoms with Gasteiger partial charge in [-0.2, -0.15) is 0 Å². The van der Waals surface area contributed by atoms with Gasteiger partial charge in [0.15, 0.2) is 0 Å². The molecule has 37 valence electrons. The largest absolute Gasteiger partial charge is 0.252 e. The summed E-state index contributed by atoms with van der Waals surface area (Å²) in [6, 6.07) is 0. The van der Waals surface area contributed by atoms with E-state index < -0.39 is 0 Å². The molecule has 0 aliphatic rings. The molecule has 0 rings (SSSR count). The normalized spacial score (nSPS) is 9.00. The summed E-state index contributed by atoms with van der Waals surface area (Å²) < 4.78 is 0. The average Bonchev–Trinajstić information content (AvgIpc) is 1.61. The van der Waals surface area contributed by atoms with Crippen molar-refractivity contribution in [2.45, 2.75) is 12.8 Å². The minimum Gasteiger partial charge on any atom is -0.252 e. The van der Waals surface area contributed by atoms with Gasteiger partial charge in [0.2, 0.25) is 0 Å². The van der Waals surface area contributed by atoms with Crippen LogP contribution in [0.5, 0.6) is 0 Å². The van der Waals surface area contributed by atoms with Gasteiger partial charge < -0.3 is 0 Å². The second-order valence-electron chi connectivity index (χ2n) is 1.04. The molecule has 0 amide bonds. The lowest BCUT2D eigenvalue weighted by molar-refractivity contribution is -0.242. The molecule has 0 unspecified atom stereocenters. The van der Waals surface area contributed by atoms with E-state index in [1.165, 1.54) is 0 Å². The van der Waals surface area contributed by atoms with Gasteiger partial charge in [-0.25, -0.2) is 4.89 Å². The third-order valence-electron chi connectivity index (χ3n) is 0.486. The quantitative estimate of drug-likeness (QED) is 0.318. The molecule has 0 spiro atoms. The van der Waals surface area contributed by atoms with Crippen molar-refractivity contribution in [1.82, 2.24) is 0 Å². The molecule has 0 aromatic rings. The topological polar surface area (TPSA) is 29.5 Å². The fourth-order valence-corrected chi connectivity index (χ4v) is 0.167. The van der Waals surface area contributed by atoms with Crippen LogP contribution in [0.4, 0.5) is 0 Å². The van der Waals surface area contributed by atoms with Crippen molar-refractivity contribution in [3.05, 3.63) is 6.92 Å². The Kier molecular flexibility index (Phi) is 4.85. The first-order chi connectivity index (χ1) is 2.91. The van der Waals surface area contributed by atoms with Crippen LogP contribution in [-0.2, 0) is 4.89 Å². The summed E-state index contributed by atoms with van der Waals surface area (Å²) in [5, 5.41) is 7.67. The Bertz CT molecular complexity index is 17.5. The summed E-state index contributed by atoms with van der Waals surface area (Å²) in [4.78, 5) is 3.74. The van der Waals surface area contributed by atoms with Gasteiger partial charge in [0.1, 0.15) is 0 Å². The zero-order chi connectivity index (χ0) is 4.83. The molecule has 1 N–H and O–H groups in total. The van der Waals surface area contributed by atoms with Gasteiger partial charge in [-0.3, -0.25) is 5.26 Å². The lowest BCUT2D eigenvalue weighted by atomic mass is 10.4. The zero-order valence-corrected chi connectivity index (χ0v) is 3.68. The summed E-state index contributed by atoms with van der Waals surface area (Å²) in [6.45, 7) is 3.94. The highest BCUT2D eigenvalue weighted by atomic mass is 17.1. The Morgan fingerprint density at radius 1 is 1.67 bits per heavy atom. The second kappa shape index (κ2) is 4.92. The van der Waals surface area contributed by atoms with E-state index in [2.05, 4.69) is 11.8 Å². The van der Waals surface area contributed by atoms with Crippen molar-refractivity contribution in [1.29, 1.82) is 0 Å². The number of rotatable bonds is 3. The SMILES string of the molecule is [CH2]CCCOO. The van der Waals surface area contributed by atoms with Crippen LogP contribution < -0.4 is 0 Å². The molecule has 0 saturated carbocycles. The van der Waals surface area contributed by atoms with Crippen LogP contribution >= 0.6 is 0 Å². The van der Waals surface area contributed by atoms with Gasteiger partial charge in [-0.15, -0.1) is 0 Å². The summed E-state index contributed by atoms with van der Waals surface area (Å²) in [5.41, 5.74) is 0. The predicted molar refractivity (Wildman–Crippen MR) is 23.2 cm³/mol. The van der Waals surface area contributed by atoms with Gasteiger partial charge in [0.25, 0.3) is 0 Å². The molecule has 6 heavy (non-hydrogen) atoms. The summed E-state index contributed by atoms with van der Waals surface area (Å²) in [6.07, 6.45) is 1.65. The molecule has 0 aromatic heterocycles. The minimum absolute atomic E-state index is 0.406. The standard InChI is InChI=1S/C4H9O2/c1-2-3-4-6-5/h5H,1-4H2. The van der Waals surface area contributed by atoms with Crippen molar-refractivity contribution in [2.24, 2.45) is 0 Å². The molecule has 0 aliphatic carbocycles. The van der Waals surface area contributed by atoms with Crippen molar-refractivity contribution in [3.63, 3.8) is 0 Å². The van der Waals surface area contributed by atoms with Gasteiger partial charge in [0.05, 0.1) is 6.61 Å². The lowest BCUT2D eigenvalue weighted by Gasteiger charge is -1.87. The third kappa shape index (κ3) is 3.92. The molecule has 0 fully saturated rings. The smallest absolute Gasteiger partial charge is 0.0819 e. The molecule has 1 radical (unpaired) electrons. The first-order valence-electron chi connectivity index (χ1n) is 1.97. The van der Waals surface area contributed by atoms with Crippen LogP contribution in [0.1, 0.15) is 12.8 Å². The first-order valence-corrected chi connectivity index (χ1v) is 1.97. The highest BCUT2D eigenvalue weighted by Gasteiger charge is 1.76. The highest BCUT2D eigenvalue weighted by Crippen LogP contribution is 1.82. The molecule has 0 atom stereocenters. The molecule has 2 heteroatoms. The molecule has 0 bridgehead atoms. The maximum Gasteiger partial charge on any atom is 0.0819 e. The van der Waals surface area contributed by atoms with Gasteiger partial charge in [-0.05, 0) is 6.42 Å². The van der Waals surface area contributed by atoms with Crippen LogP contribution in [0.25, 0.3) is 0 Å². The maximum absolute atomic E-state index is 7.67. The predicted octanol–water partition coefficient (Wildman–Crippen LogP) is 1.09. The Hall–Kier alpha value is -0.0800. The molecule has 0 aliphatic heterocycles. The highest BCUT2D eigenvalue weighted by molar-refractivity contribution is 4.35. The summed E-state index contributed by atoms with van der Waals surface area (Å²) >= 11 is 0. The average molecular weight is 89.1 g/mol. The molecule has 0 heterocycles. The number of hydrogen-bond acceptors (Lipinski definition) is 2. The number of hydrogen-bond donors (Lipinski definition) is 1. The van der Waals surface area contributed by atoms with Crippen LogP contribution in [0.2, 0.25) is 0 Å². The third-order valence-corrected chi connectivity index (χ3v) is 0.486. The van der Waals surface area contributed by atoms with E-state index in [4.69, 9.17) is 5.26 Å². The van der Waals surface area contributed by atoms with E-state index in [1.807, 2.05) is 0 Å². The Morgan fingerprint density at radius 3 is 2.50 bits per heavy atom. The minimum atomic E-state index is 0.406. The molecule has 2 nitrogen and oxygen atoms in total. The Morgan fingerprint density at radius 2 is 2.33 bits per heavy atom. The van der Waals surface area contributed by atoms with Gasteiger partial charge in [-0.1, -0.05) is 13.3 Å². The second-order valence-corrected chi connectivity index (χ2v) is 1.04. The Labute approximate surface area is 37.7 Å². The Balaban J connectivity index is 2.34. The fraction of sp³-hybridized carbons (Fsp3) is 0.750. The van der Waals surface area contributed by atoms with E-state index in [1.54, 1.807) is 0 Å². The van der Waals surface area contributed by atoms with E-state index in [0.717, 1.165) is 12.8 Å². The van der Waals surface area contributed by atoms with Gasteiger partial charge in [0, 0.05) is 0 Å². The fourth-order valence-electron chi connectivity index (χ4n) is 0.167. The van der Waals surface area contributed by atoms with Crippen LogP contribution in [0, 0.1) is 6.92 Å². The van der Waals surface area contributed by atoms with Gasteiger partial charge >= 0.3 is 0 Å². The van der Waals surface area contributed by atoms with Crippen LogP contribution in [0.3, 0.4) is 0 Å². The first kappa shape index (κ1) is 5.92.